The number of halogens is 3. The lowest BCUT2D eigenvalue weighted by molar-refractivity contribution is 0.165. The standard InChI is InChI=1S/C10H11BrF2O/c1-2-3-8(14)6-4-5-7(12)10(13)9(6)11/h4-5,8,14H,2-3H2,1H3. The molecule has 0 spiro atoms. The number of hydrogen-bond donors (Lipinski definition) is 1. The van der Waals surface area contributed by atoms with Crippen LogP contribution in [0.1, 0.15) is 31.4 Å². The second-order valence-electron chi connectivity index (χ2n) is 3.07. The molecule has 4 heteroatoms. The van der Waals surface area contributed by atoms with Crippen molar-refractivity contribution in [2.45, 2.75) is 25.9 Å². The molecule has 1 unspecified atom stereocenters. The van der Waals surface area contributed by atoms with Crippen molar-refractivity contribution >= 4 is 15.9 Å². The molecule has 1 aromatic rings. The van der Waals surface area contributed by atoms with E-state index in [0.29, 0.717) is 12.0 Å². The third-order valence-electron chi connectivity index (χ3n) is 1.99. The van der Waals surface area contributed by atoms with Gasteiger partial charge >= 0.3 is 0 Å². The largest absolute Gasteiger partial charge is 0.388 e. The predicted molar refractivity (Wildman–Crippen MR) is 53.9 cm³/mol. The second kappa shape index (κ2) is 4.84. The van der Waals surface area contributed by atoms with Crippen molar-refractivity contribution in [2.75, 3.05) is 0 Å². The van der Waals surface area contributed by atoms with Crippen LogP contribution in [0.25, 0.3) is 0 Å². The highest BCUT2D eigenvalue weighted by Gasteiger charge is 2.16. The lowest BCUT2D eigenvalue weighted by Gasteiger charge is -2.12. The van der Waals surface area contributed by atoms with E-state index in [4.69, 9.17) is 0 Å². The monoisotopic (exact) mass is 264 g/mol. The Morgan fingerprint density at radius 2 is 2.07 bits per heavy atom. The molecule has 0 aromatic heterocycles. The molecule has 1 rings (SSSR count). The topological polar surface area (TPSA) is 20.2 Å². The maximum absolute atomic E-state index is 13.1. The zero-order valence-corrected chi connectivity index (χ0v) is 9.31. The Kier molecular flexibility index (Phi) is 4.01. The Bertz CT molecular complexity index is 328. The Hall–Kier alpha value is -0.480. The summed E-state index contributed by atoms with van der Waals surface area (Å²) in [5.74, 6) is -1.86. The number of rotatable bonds is 3. The third kappa shape index (κ3) is 2.30. The molecule has 0 saturated heterocycles. The van der Waals surface area contributed by atoms with Crippen molar-refractivity contribution in [3.8, 4) is 0 Å². The van der Waals surface area contributed by atoms with Crippen LogP contribution in [0.3, 0.4) is 0 Å². The van der Waals surface area contributed by atoms with Crippen LogP contribution in [0.15, 0.2) is 16.6 Å². The quantitative estimate of drug-likeness (QED) is 0.828. The molecule has 0 fully saturated rings. The van der Waals surface area contributed by atoms with Crippen molar-refractivity contribution in [3.63, 3.8) is 0 Å². The molecule has 0 radical (unpaired) electrons. The summed E-state index contributed by atoms with van der Waals surface area (Å²) in [6.45, 7) is 1.91. The van der Waals surface area contributed by atoms with E-state index in [9.17, 15) is 13.9 Å². The first-order valence-electron chi connectivity index (χ1n) is 4.39. The van der Waals surface area contributed by atoms with Crippen LogP contribution in [-0.2, 0) is 0 Å². The molecule has 0 heterocycles. The highest BCUT2D eigenvalue weighted by atomic mass is 79.9. The fourth-order valence-electron chi connectivity index (χ4n) is 1.23. The van der Waals surface area contributed by atoms with Gasteiger partial charge < -0.3 is 5.11 Å². The van der Waals surface area contributed by atoms with Crippen LogP contribution < -0.4 is 0 Å². The summed E-state index contributed by atoms with van der Waals surface area (Å²) in [6.07, 6.45) is 0.570. The first-order valence-corrected chi connectivity index (χ1v) is 5.18. The molecular weight excluding hydrogens is 254 g/mol. The fourth-order valence-corrected chi connectivity index (χ4v) is 1.81. The van der Waals surface area contributed by atoms with Crippen molar-refractivity contribution in [3.05, 3.63) is 33.8 Å². The van der Waals surface area contributed by atoms with Gasteiger partial charge in [0, 0.05) is 0 Å². The van der Waals surface area contributed by atoms with Crippen LogP contribution in [0.2, 0.25) is 0 Å². The van der Waals surface area contributed by atoms with Crippen LogP contribution in [0.5, 0.6) is 0 Å². The summed E-state index contributed by atoms with van der Waals surface area (Å²) >= 11 is 2.93. The molecule has 1 aromatic carbocycles. The molecule has 0 bridgehead atoms. The normalized spacial score (nSPS) is 12.9. The molecule has 0 saturated carbocycles. The molecule has 1 nitrogen and oxygen atoms in total. The Labute approximate surface area is 89.9 Å². The van der Waals surface area contributed by atoms with Gasteiger partial charge in [0.1, 0.15) is 0 Å². The molecular formula is C10H11BrF2O. The molecule has 0 aliphatic heterocycles. The maximum atomic E-state index is 13.1. The minimum atomic E-state index is -0.947. The number of aliphatic hydroxyl groups excluding tert-OH is 1. The Balaban J connectivity index is 3.04. The minimum absolute atomic E-state index is 0.0125. The van der Waals surface area contributed by atoms with Gasteiger partial charge in [-0.2, -0.15) is 0 Å². The van der Waals surface area contributed by atoms with E-state index in [2.05, 4.69) is 15.9 Å². The Morgan fingerprint density at radius 3 is 2.64 bits per heavy atom. The second-order valence-corrected chi connectivity index (χ2v) is 3.86. The third-order valence-corrected chi connectivity index (χ3v) is 2.79. The van der Waals surface area contributed by atoms with Gasteiger partial charge in [0.25, 0.3) is 0 Å². The molecule has 0 aliphatic carbocycles. The lowest BCUT2D eigenvalue weighted by Crippen LogP contribution is -2.00. The number of hydrogen-bond acceptors (Lipinski definition) is 1. The highest BCUT2D eigenvalue weighted by Crippen LogP contribution is 2.29. The summed E-state index contributed by atoms with van der Waals surface area (Å²) in [4.78, 5) is 0. The predicted octanol–water partition coefficient (Wildman–Crippen LogP) is 3.56. The molecule has 14 heavy (non-hydrogen) atoms. The van der Waals surface area contributed by atoms with E-state index in [1.54, 1.807) is 0 Å². The van der Waals surface area contributed by atoms with Crippen molar-refractivity contribution in [2.24, 2.45) is 0 Å². The molecule has 1 atom stereocenters. The van der Waals surface area contributed by atoms with Gasteiger partial charge in [0.15, 0.2) is 11.6 Å². The fraction of sp³-hybridized carbons (Fsp3) is 0.400. The van der Waals surface area contributed by atoms with E-state index >= 15 is 0 Å². The zero-order chi connectivity index (χ0) is 10.7. The first kappa shape index (κ1) is 11.6. The van der Waals surface area contributed by atoms with Crippen LogP contribution in [-0.4, -0.2) is 5.11 Å². The molecule has 0 amide bonds. The van der Waals surface area contributed by atoms with E-state index in [-0.39, 0.29) is 4.47 Å². The summed E-state index contributed by atoms with van der Waals surface area (Å²) in [6, 6.07) is 2.41. The van der Waals surface area contributed by atoms with Gasteiger partial charge in [-0.3, -0.25) is 0 Å². The average molecular weight is 265 g/mol. The average Bonchev–Trinajstić information content (AvgIpc) is 2.15. The summed E-state index contributed by atoms with van der Waals surface area (Å²) in [7, 11) is 0. The van der Waals surface area contributed by atoms with Crippen LogP contribution in [0, 0.1) is 11.6 Å². The van der Waals surface area contributed by atoms with Crippen molar-refractivity contribution < 1.29 is 13.9 Å². The summed E-state index contributed by atoms with van der Waals surface area (Å²) < 4.78 is 25.8. The SMILES string of the molecule is CCCC(O)c1ccc(F)c(F)c1Br. The number of aliphatic hydroxyl groups is 1. The summed E-state index contributed by atoms with van der Waals surface area (Å²) in [5, 5.41) is 9.60. The zero-order valence-electron chi connectivity index (χ0n) is 7.73. The van der Waals surface area contributed by atoms with E-state index in [1.807, 2.05) is 6.92 Å². The van der Waals surface area contributed by atoms with Gasteiger partial charge in [-0.25, -0.2) is 8.78 Å². The van der Waals surface area contributed by atoms with Gasteiger partial charge in [0.2, 0.25) is 0 Å². The van der Waals surface area contributed by atoms with Crippen molar-refractivity contribution in [1.82, 2.24) is 0 Å². The van der Waals surface area contributed by atoms with Crippen LogP contribution in [0.4, 0.5) is 8.78 Å². The molecule has 0 aliphatic rings. The van der Waals surface area contributed by atoms with E-state index in [1.165, 1.54) is 6.07 Å². The summed E-state index contributed by atoms with van der Waals surface area (Å²) in [5.41, 5.74) is 0.394. The van der Waals surface area contributed by atoms with E-state index in [0.717, 1.165) is 12.5 Å². The smallest absolute Gasteiger partial charge is 0.173 e. The molecule has 1 N–H and O–H groups in total. The number of benzene rings is 1. The van der Waals surface area contributed by atoms with Gasteiger partial charge in [-0.1, -0.05) is 19.4 Å². The minimum Gasteiger partial charge on any atom is -0.388 e. The maximum Gasteiger partial charge on any atom is 0.173 e. The lowest BCUT2D eigenvalue weighted by atomic mass is 10.1. The Morgan fingerprint density at radius 1 is 1.43 bits per heavy atom. The first-order chi connectivity index (χ1) is 6.57. The van der Waals surface area contributed by atoms with Crippen molar-refractivity contribution in [1.29, 1.82) is 0 Å². The molecule has 78 valence electrons. The van der Waals surface area contributed by atoms with Gasteiger partial charge in [-0.05, 0) is 34.0 Å². The van der Waals surface area contributed by atoms with Gasteiger partial charge in [-0.15, -0.1) is 0 Å². The van der Waals surface area contributed by atoms with Crippen LogP contribution >= 0.6 is 15.9 Å². The highest BCUT2D eigenvalue weighted by molar-refractivity contribution is 9.10. The van der Waals surface area contributed by atoms with Gasteiger partial charge in [0.05, 0.1) is 10.6 Å². The van der Waals surface area contributed by atoms with E-state index < -0.39 is 17.7 Å².